The van der Waals surface area contributed by atoms with E-state index in [9.17, 15) is 0 Å². The van der Waals surface area contributed by atoms with Crippen LogP contribution in [0.5, 0.6) is 6.01 Å². The topological polar surface area (TPSA) is 95.2 Å². The zero-order valence-corrected chi connectivity index (χ0v) is 12.0. The van der Waals surface area contributed by atoms with E-state index in [0.29, 0.717) is 12.6 Å². The molecule has 0 amide bonds. The van der Waals surface area contributed by atoms with Crippen LogP contribution in [0.15, 0.2) is 0 Å². The minimum absolute atomic E-state index is 0.0138. The number of nitrogens with two attached hydrogens (primary N) is 1. The summed E-state index contributed by atoms with van der Waals surface area (Å²) in [6.07, 6.45) is 1.98. The van der Waals surface area contributed by atoms with E-state index in [4.69, 9.17) is 15.2 Å². The summed E-state index contributed by atoms with van der Waals surface area (Å²) in [6.45, 7) is 6.50. The molecule has 0 radical (unpaired) electrons. The molecule has 1 atom stereocenters. The van der Waals surface area contributed by atoms with Crippen LogP contribution in [0, 0.1) is 0 Å². The summed E-state index contributed by atoms with van der Waals surface area (Å²) in [4.78, 5) is 12.2. The highest BCUT2D eigenvalue weighted by Crippen LogP contribution is 2.12. The van der Waals surface area contributed by atoms with Crippen LogP contribution in [0.4, 0.5) is 11.9 Å². The number of hydrogen-bond donors (Lipinski definition) is 2. The quantitative estimate of drug-likeness (QED) is 0.737. The molecule has 108 valence electrons. The van der Waals surface area contributed by atoms with Crippen LogP contribution < -0.4 is 15.8 Å². The molecule has 1 rings (SSSR count). The van der Waals surface area contributed by atoms with E-state index in [1.807, 2.05) is 13.8 Å². The van der Waals surface area contributed by atoms with Crippen LogP contribution in [0.2, 0.25) is 0 Å². The van der Waals surface area contributed by atoms with Crippen molar-refractivity contribution in [1.29, 1.82) is 0 Å². The zero-order valence-electron chi connectivity index (χ0n) is 12.0. The third-order valence-electron chi connectivity index (χ3n) is 2.31. The Bertz CT molecular complexity index is 380. The fraction of sp³-hybridized carbons (Fsp3) is 0.750. The fourth-order valence-electron chi connectivity index (χ4n) is 1.63. The summed E-state index contributed by atoms with van der Waals surface area (Å²) in [5, 5.41) is 3.19. The molecular weight excluding hydrogens is 246 g/mol. The van der Waals surface area contributed by atoms with Gasteiger partial charge in [0.25, 0.3) is 0 Å². The Kier molecular flexibility index (Phi) is 6.27. The second-order valence-corrected chi connectivity index (χ2v) is 4.55. The lowest BCUT2D eigenvalue weighted by Gasteiger charge is -2.17. The highest BCUT2D eigenvalue weighted by Gasteiger charge is 2.12. The van der Waals surface area contributed by atoms with Crippen LogP contribution in [-0.4, -0.2) is 40.8 Å². The van der Waals surface area contributed by atoms with Crippen LogP contribution in [0.25, 0.3) is 0 Å². The van der Waals surface area contributed by atoms with Gasteiger partial charge in [-0.1, -0.05) is 13.3 Å². The highest BCUT2D eigenvalue weighted by atomic mass is 16.5. The van der Waals surface area contributed by atoms with Crippen molar-refractivity contribution in [1.82, 2.24) is 15.0 Å². The van der Waals surface area contributed by atoms with Crippen LogP contribution in [0.3, 0.4) is 0 Å². The maximum absolute atomic E-state index is 5.65. The van der Waals surface area contributed by atoms with Gasteiger partial charge in [0.05, 0.1) is 18.8 Å². The molecule has 0 aliphatic rings. The fourth-order valence-corrected chi connectivity index (χ4v) is 1.63. The van der Waals surface area contributed by atoms with Crippen molar-refractivity contribution < 1.29 is 9.47 Å². The second kappa shape index (κ2) is 7.73. The predicted molar refractivity (Wildman–Crippen MR) is 74.2 cm³/mol. The first-order valence-corrected chi connectivity index (χ1v) is 6.48. The molecule has 0 spiro atoms. The maximum Gasteiger partial charge on any atom is 0.323 e. The van der Waals surface area contributed by atoms with Crippen LogP contribution >= 0.6 is 0 Å². The summed E-state index contributed by atoms with van der Waals surface area (Å²) in [5.74, 6) is 0.555. The lowest BCUT2D eigenvalue weighted by molar-refractivity contribution is 0.182. The van der Waals surface area contributed by atoms with Crippen LogP contribution in [-0.2, 0) is 4.74 Å². The number of nitrogens with one attached hydrogen (secondary N) is 1. The smallest absolute Gasteiger partial charge is 0.323 e. The van der Waals surface area contributed by atoms with E-state index in [1.54, 1.807) is 7.11 Å². The normalized spacial score (nSPS) is 12.5. The molecule has 1 unspecified atom stereocenters. The summed E-state index contributed by atoms with van der Waals surface area (Å²) in [6, 6.07) is 0.376. The van der Waals surface area contributed by atoms with E-state index in [0.717, 1.165) is 12.8 Å². The van der Waals surface area contributed by atoms with Gasteiger partial charge in [-0.3, -0.25) is 0 Å². The van der Waals surface area contributed by atoms with Crippen molar-refractivity contribution in [3.05, 3.63) is 0 Å². The minimum Gasteiger partial charge on any atom is -0.461 e. The number of nitrogens with zero attached hydrogens (tertiary/aromatic N) is 3. The molecule has 0 aromatic carbocycles. The van der Waals surface area contributed by atoms with E-state index in [2.05, 4.69) is 27.2 Å². The second-order valence-electron chi connectivity index (χ2n) is 4.55. The maximum atomic E-state index is 5.65. The lowest BCUT2D eigenvalue weighted by atomic mass is 10.2. The lowest BCUT2D eigenvalue weighted by Crippen LogP contribution is -2.26. The largest absolute Gasteiger partial charge is 0.461 e. The van der Waals surface area contributed by atoms with Crippen molar-refractivity contribution in [3.8, 4) is 6.01 Å². The average molecular weight is 269 g/mol. The molecule has 7 nitrogen and oxygen atoms in total. The molecule has 1 aromatic heterocycles. The van der Waals surface area contributed by atoms with Gasteiger partial charge < -0.3 is 20.5 Å². The van der Waals surface area contributed by atoms with Gasteiger partial charge >= 0.3 is 6.01 Å². The molecule has 1 aromatic rings. The molecule has 3 N–H and O–H groups in total. The first-order chi connectivity index (χ1) is 9.05. The standard InChI is InChI=1S/C12H23N5O2/c1-5-6-9(7-18-4)14-11-15-10(13)16-12(17-11)19-8(2)3/h8-9H,5-7H2,1-4H3,(H3,13,14,15,16,17). The van der Waals surface area contributed by atoms with Crippen molar-refractivity contribution in [2.45, 2.75) is 45.8 Å². The van der Waals surface area contributed by atoms with Gasteiger partial charge in [0.15, 0.2) is 0 Å². The summed E-state index contributed by atoms with van der Waals surface area (Å²) in [7, 11) is 1.67. The number of anilines is 2. The van der Waals surface area contributed by atoms with Gasteiger partial charge in [-0.15, -0.1) is 0 Å². The number of aromatic nitrogens is 3. The monoisotopic (exact) mass is 269 g/mol. The van der Waals surface area contributed by atoms with Crippen LogP contribution in [0.1, 0.15) is 33.6 Å². The number of ether oxygens (including phenoxy) is 2. The SMILES string of the molecule is CCCC(COC)Nc1nc(N)nc(OC(C)C)n1. The molecule has 1 heterocycles. The van der Waals surface area contributed by atoms with Crippen molar-refractivity contribution in [2.24, 2.45) is 0 Å². The van der Waals surface area contributed by atoms with Gasteiger partial charge in [0.1, 0.15) is 0 Å². The van der Waals surface area contributed by atoms with Gasteiger partial charge in [-0.2, -0.15) is 15.0 Å². The Morgan fingerprint density at radius 2 is 2.00 bits per heavy atom. The molecule has 7 heteroatoms. The van der Waals surface area contributed by atoms with Crippen molar-refractivity contribution >= 4 is 11.9 Å². The number of methoxy groups -OCH3 is 1. The summed E-state index contributed by atoms with van der Waals surface area (Å²) in [5.41, 5.74) is 5.65. The molecule has 0 saturated heterocycles. The Morgan fingerprint density at radius 3 is 2.58 bits per heavy atom. The van der Waals surface area contributed by atoms with E-state index < -0.39 is 0 Å². The molecule has 0 saturated carbocycles. The Morgan fingerprint density at radius 1 is 1.26 bits per heavy atom. The minimum atomic E-state index is -0.0138. The Balaban J connectivity index is 2.77. The molecule has 19 heavy (non-hydrogen) atoms. The summed E-state index contributed by atoms with van der Waals surface area (Å²) >= 11 is 0. The highest BCUT2D eigenvalue weighted by molar-refractivity contribution is 5.33. The van der Waals surface area contributed by atoms with Crippen molar-refractivity contribution in [2.75, 3.05) is 24.8 Å². The van der Waals surface area contributed by atoms with Crippen molar-refractivity contribution in [3.63, 3.8) is 0 Å². The van der Waals surface area contributed by atoms with Gasteiger partial charge in [-0.05, 0) is 20.3 Å². The third kappa shape index (κ3) is 5.69. The number of rotatable bonds is 8. The Labute approximate surface area is 113 Å². The summed E-state index contributed by atoms with van der Waals surface area (Å²) < 4.78 is 10.6. The third-order valence-corrected chi connectivity index (χ3v) is 2.31. The van der Waals surface area contributed by atoms with Gasteiger partial charge in [0, 0.05) is 7.11 Å². The molecular formula is C12H23N5O2. The predicted octanol–water partition coefficient (Wildman–Crippen LogP) is 1.47. The number of nitrogen functional groups attached to an aromatic ring is 1. The molecule has 0 aliphatic heterocycles. The first-order valence-electron chi connectivity index (χ1n) is 6.48. The van der Waals surface area contributed by atoms with Gasteiger partial charge in [-0.25, -0.2) is 0 Å². The van der Waals surface area contributed by atoms with E-state index in [1.165, 1.54) is 0 Å². The molecule has 0 fully saturated rings. The van der Waals surface area contributed by atoms with E-state index in [-0.39, 0.29) is 24.1 Å². The average Bonchev–Trinajstić information content (AvgIpc) is 2.27. The molecule has 0 bridgehead atoms. The first kappa shape index (κ1) is 15.4. The molecule has 0 aliphatic carbocycles. The number of hydrogen-bond acceptors (Lipinski definition) is 7. The van der Waals surface area contributed by atoms with Gasteiger partial charge in [0.2, 0.25) is 11.9 Å². The Hall–Kier alpha value is -1.63. The van der Waals surface area contributed by atoms with E-state index >= 15 is 0 Å². The zero-order chi connectivity index (χ0) is 14.3.